The van der Waals surface area contributed by atoms with Crippen molar-refractivity contribution < 1.29 is 9.59 Å². The first kappa shape index (κ1) is 30.7. The number of aryl methyl sites for hydroxylation is 1. The predicted molar refractivity (Wildman–Crippen MR) is 181 cm³/mol. The Morgan fingerprint density at radius 3 is 1.73 bits per heavy atom. The van der Waals surface area contributed by atoms with E-state index in [9.17, 15) is 9.59 Å². The van der Waals surface area contributed by atoms with Gasteiger partial charge in [-0.3, -0.25) is 14.5 Å². The summed E-state index contributed by atoms with van der Waals surface area (Å²) in [7, 11) is 0. The minimum Gasteiger partial charge on any atom is -0.339 e. The summed E-state index contributed by atoms with van der Waals surface area (Å²) in [4.78, 5) is 38.5. The molecule has 45 heavy (non-hydrogen) atoms. The van der Waals surface area contributed by atoms with Crippen LogP contribution in [0.2, 0.25) is 0 Å². The van der Waals surface area contributed by atoms with E-state index in [4.69, 9.17) is 4.98 Å². The number of carbonyl (C=O) groups excluding carboxylic acids is 2. The molecule has 1 aromatic heterocycles. The topological polar surface area (TPSA) is 56.8 Å². The average molecular weight is 601 g/mol. The van der Waals surface area contributed by atoms with Crippen LogP contribution in [0.5, 0.6) is 0 Å². The minimum absolute atomic E-state index is 0.0585. The van der Waals surface area contributed by atoms with Crippen molar-refractivity contribution in [3.8, 4) is 22.5 Å². The molecule has 2 aliphatic rings. The van der Waals surface area contributed by atoms with Crippen molar-refractivity contribution >= 4 is 11.8 Å². The molecule has 0 unspecified atom stereocenters. The van der Waals surface area contributed by atoms with Crippen molar-refractivity contribution in [2.24, 2.45) is 0 Å². The molecule has 6 rings (SSSR count). The molecule has 2 saturated heterocycles. The Hall–Kier alpha value is -4.29. The number of hydrogen-bond acceptors (Lipinski definition) is 4. The molecule has 2 aliphatic heterocycles. The van der Waals surface area contributed by atoms with Gasteiger partial charge in [-0.1, -0.05) is 92.6 Å². The zero-order valence-corrected chi connectivity index (χ0v) is 26.4. The van der Waals surface area contributed by atoms with E-state index < -0.39 is 0 Å². The standard InChI is InChI=1S/C39H44N4O2/c1-2-3-6-11-30-16-18-33(19-17-30)38(44)42-22-20-35(21-23-42)41-24-26-43(27-25-41)39(45)34-28-36(31-12-7-4-8-13-31)40-37(29-34)32-14-9-5-10-15-32/h4-5,7-10,12-19,28-29,35H,2-3,6,11,20-27H2,1H3. The molecule has 0 N–H and O–H groups in total. The van der Waals surface area contributed by atoms with E-state index in [2.05, 4.69) is 24.0 Å². The second-order valence-electron chi connectivity index (χ2n) is 12.4. The number of piperazine rings is 1. The molecular weight excluding hydrogens is 556 g/mol. The first-order chi connectivity index (χ1) is 22.1. The quantitative estimate of drug-likeness (QED) is 0.191. The highest BCUT2D eigenvalue weighted by Gasteiger charge is 2.31. The molecule has 3 heterocycles. The van der Waals surface area contributed by atoms with Crippen LogP contribution in [0, 0.1) is 0 Å². The van der Waals surface area contributed by atoms with Crippen molar-refractivity contribution in [3.63, 3.8) is 0 Å². The average Bonchev–Trinajstić information content (AvgIpc) is 3.12. The van der Waals surface area contributed by atoms with E-state index >= 15 is 0 Å². The number of aromatic nitrogens is 1. The third-order valence-electron chi connectivity index (χ3n) is 9.35. The van der Waals surface area contributed by atoms with E-state index in [1.54, 1.807) is 0 Å². The van der Waals surface area contributed by atoms with Crippen LogP contribution in [0.15, 0.2) is 97.1 Å². The molecule has 0 bridgehead atoms. The zero-order valence-electron chi connectivity index (χ0n) is 26.4. The monoisotopic (exact) mass is 600 g/mol. The maximum absolute atomic E-state index is 13.8. The Bertz CT molecular complexity index is 1500. The first-order valence-electron chi connectivity index (χ1n) is 16.6. The van der Waals surface area contributed by atoms with Crippen molar-refractivity contribution in [3.05, 3.63) is 114 Å². The molecule has 2 fully saturated rings. The zero-order chi connectivity index (χ0) is 31.0. The molecule has 0 radical (unpaired) electrons. The number of rotatable bonds is 9. The fraction of sp³-hybridized carbons (Fsp3) is 0.359. The summed E-state index contributed by atoms with van der Waals surface area (Å²) in [6.45, 7) is 6.89. The lowest BCUT2D eigenvalue weighted by Crippen LogP contribution is -2.54. The van der Waals surface area contributed by atoms with E-state index in [1.807, 2.05) is 94.7 Å². The van der Waals surface area contributed by atoms with Crippen molar-refractivity contribution in [2.45, 2.75) is 51.5 Å². The van der Waals surface area contributed by atoms with Crippen LogP contribution in [0.1, 0.15) is 65.3 Å². The summed E-state index contributed by atoms with van der Waals surface area (Å²) in [5.41, 5.74) is 6.40. The van der Waals surface area contributed by atoms with Crippen LogP contribution >= 0.6 is 0 Å². The van der Waals surface area contributed by atoms with Gasteiger partial charge in [-0.05, 0) is 55.5 Å². The summed E-state index contributed by atoms with van der Waals surface area (Å²) in [6, 6.07) is 32.7. The van der Waals surface area contributed by atoms with Gasteiger partial charge >= 0.3 is 0 Å². The largest absolute Gasteiger partial charge is 0.339 e. The van der Waals surface area contributed by atoms with Crippen LogP contribution in [0.4, 0.5) is 0 Å². The Morgan fingerprint density at radius 2 is 1.18 bits per heavy atom. The lowest BCUT2D eigenvalue weighted by Gasteiger charge is -2.42. The Labute approximate surface area is 267 Å². The molecule has 4 aromatic rings. The minimum atomic E-state index is 0.0585. The van der Waals surface area contributed by atoms with Gasteiger partial charge in [0.25, 0.3) is 11.8 Å². The second kappa shape index (κ2) is 14.7. The molecule has 0 atom stereocenters. The third-order valence-corrected chi connectivity index (χ3v) is 9.35. The van der Waals surface area contributed by atoms with Crippen LogP contribution < -0.4 is 0 Å². The van der Waals surface area contributed by atoms with Gasteiger partial charge in [-0.2, -0.15) is 0 Å². The number of nitrogens with zero attached hydrogens (tertiary/aromatic N) is 4. The lowest BCUT2D eigenvalue weighted by molar-refractivity contribution is 0.0412. The van der Waals surface area contributed by atoms with Crippen molar-refractivity contribution in [1.82, 2.24) is 19.7 Å². The van der Waals surface area contributed by atoms with E-state index in [1.165, 1.54) is 24.8 Å². The van der Waals surface area contributed by atoms with Crippen LogP contribution in [0.3, 0.4) is 0 Å². The van der Waals surface area contributed by atoms with E-state index in [0.717, 1.165) is 73.5 Å². The van der Waals surface area contributed by atoms with Crippen LogP contribution in [-0.2, 0) is 6.42 Å². The number of benzene rings is 3. The van der Waals surface area contributed by atoms with Crippen LogP contribution in [-0.4, -0.2) is 76.8 Å². The fourth-order valence-corrected chi connectivity index (χ4v) is 6.65. The molecule has 6 heteroatoms. The maximum Gasteiger partial charge on any atom is 0.254 e. The molecule has 0 aliphatic carbocycles. The van der Waals surface area contributed by atoms with Gasteiger partial charge < -0.3 is 9.80 Å². The van der Waals surface area contributed by atoms with Crippen molar-refractivity contribution in [1.29, 1.82) is 0 Å². The molecule has 6 nitrogen and oxygen atoms in total. The first-order valence-corrected chi connectivity index (χ1v) is 16.6. The fourth-order valence-electron chi connectivity index (χ4n) is 6.65. The number of pyridine rings is 1. The number of unbranched alkanes of at least 4 members (excludes halogenated alkanes) is 2. The molecule has 0 saturated carbocycles. The van der Waals surface area contributed by atoms with Gasteiger partial charge in [-0.25, -0.2) is 4.98 Å². The number of likely N-dealkylation sites (tertiary alicyclic amines) is 1. The van der Waals surface area contributed by atoms with Gasteiger partial charge in [0, 0.05) is 67.6 Å². The lowest BCUT2D eigenvalue weighted by atomic mass is 10.00. The SMILES string of the molecule is CCCCCc1ccc(C(=O)N2CCC(N3CCN(C(=O)c4cc(-c5ccccc5)nc(-c5ccccc5)c4)CC3)CC2)cc1. The summed E-state index contributed by atoms with van der Waals surface area (Å²) >= 11 is 0. The molecule has 2 amide bonds. The van der Waals surface area contributed by atoms with Gasteiger partial charge in [0.1, 0.15) is 0 Å². The number of piperidine rings is 1. The maximum atomic E-state index is 13.8. The van der Waals surface area contributed by atoms with Gasteiger partial charge in [0.2, 0.25) is 0 Å². The van der Waals surface area contributed by atoms with Gasteiger partial charge in [0.05, 0.1) is 11.4 Å². The van der Waals surface area contributed by atoms with Crippen LogP contribution in [0.25, 0.3) is 22.5 Å². The molecule has 232 valence electrons. The van der Waals surface area contributed by atoms with E-state index in [-0.39, 0.29) is 11.8 Å². The summed E-state index contributed by atoms with van der Waals surface area (Å²) in [5.74, 6) is 0.203. The highest BCUT2D eigenvalue weighted by molar-refractivity contribution is 5.96. The highest BCUT2D eigenvalue weighted by atomic mass is 16.2. The highest BCUT2D eigenvalue weighted by Crippen LogP contribution is 2.27. The smallest absolute Gasteiger partial charge is 0.254 e. The summed E-state index contributed by atoms with van der Waals surface area (Å²) < 4.78 is 0. The third kappa shape index (κ3) is 7.51. The summed E-state index contributed by atoms with van der Waals surface area (Å²) in [5, 5.41) is 0. The molecular formula is C39H44N4O2. The predicted octanol–water partition coefficient (Wildman–Crippen LogP) is 7.21. The Balaban J connectivity index is 1.04. The number of amides is 2. The van der Waals surface area contributed by atoms with Gasteiger partial charge in [0.15, 0.2) is 0 Å². The Kier molecular flexibility index (Phi) is 10.0. The van der Waals surface area contributed by atoms with E-state index in [0.29, 0.717) is 24.7 Å². The molecule has 3 aromatic carbocycles. The Morgan fingerprint density at radius 1 is 0.644 bits per heavy atom. The normalized spacial score (nSPS) is 16.1. The summed E-state index contributed by atoms with van der Waals surface area (Å²) in [6.07, 6.45) is 6.70. The molecule has 0 spiro atoms. The van der Waals surface area contributed by atoms with Crippen molar-refractivity contribution in [2.75, 3.05) is 39.3 Å². The number of carbonyl (C=O) groups is 2. The van der Waals surface area contributed by atoms with Gasteiger partial charge in [-0.15, -0.1) is 0 Å². The number of hydrogen-bond donors (Lipinski definition) is 0. The second-order valence-corrected chi connectivity index (χ2v) is 12.4.